The molecule has 0 radical (unpaired) electrons. The van der Waals surface area contributed by atoms with E-state index in [1.54, 1.807) is 18.2 Å². The minimum Gasteiger partial charge on any atom is -0.496 e. The SMILES string of the molecule is COc1cc(Cl)ccc1/C=C(\N)C#N. The zero-order chi connectivity index (χ0) is 10.6. The Labute approximate surface area is 87.4 Å². The quantitative estimate of drug-likeness (QED) is 0.758. The molecule has 0 amide bonds. The second-order valence-electron chi connectivity index (χ2n) is 2.60. The molecule has 14 heavy (non-hydrogen) atoms. The second-order valence-corrected chi connectivity index (χ2v) is 3.03. The van der Waals surface area contributed by atoms with Crippen molar-refractivity contribution in [3.8, 4) is 11.8 Å². The third kappa shape index (κ3) is 2.41. The third-order valence-electron chi connectivity index (χ3n) is 1.64. The first kappa shape index (κ1) is 10.4. The van der Waals surface area contributed by atoms with Crippen LogP contribution in [0.3, 0.4) is 0 Å². The van der Waals surface area contributed by atoms with Gasteiger partial charge in [-0.25, -0.2) is 0 Å². The summed E-state index contributed by atoms with van der Waals surface area (Å²) in [6, 6.07) is 6.94. The van der Waals surface area contributed by atoms with Crippen molar-refractivity contribution in [3.05, 3.63) is 34.5 Å². The Morgan fingerprint density at radius 2 is 2.36 bits per heavy atom. The lowest BCUT2D eigenvalue weighted by molar-refractivity contribution is 0.414. The Morgan fingerprint density at radius 3 is 2.93 bits per heavy atom. The van der Waals surface area contributed by atoms with Gasteiger partial charge in [0.2, 0.25) is 0 Å². The van der Waals surface area contributed by atoms with Crippen LogP contribution < -0.4 is 10.5 Å². The van der Waals surface area contributed by atoms with Crippen LogP contribution in [0.4, 0.5) is 0 Å². The Kier molecular flexibility index (Phi) is 3.38. The molecule has 1 rings (SSSR count). The monoisotopic (exact) mass is 208 g/mol. The van der Waals surface area contributed by atoms with Crippen LogP contribution in [0.5, 0.6) is 5.75 Å². The van der Waals surface area contributed by atoms with Crippen molar-refractivity contribution in [2.75, 3.05) is 7.11 Å². The number of rotatable bonds is 2. The lowest BCUT2D eigenvalue weighted by Gasteiger charge is -2.04. The highest BCUT2D eigenvalue weighted by Crippen LogP contribution is 2.24. The molecule has 72 valence electrons. The van der Waals surface area contributed by atoms with Gasteiger partial charge in [-0.3, -0.25) is 0 Å². The third-order valence-corrected chi connectivity index (χ3v) is 1.87. The second kappa shape index (κ2) is 4.54. The summed E-state index contributed by atoms with van der Waals surface area (Å²) in [6.45, 7) is 0. The maximum atomic E-state index is 8.50. The standard InChI is InChI=1S/C10H9ClN2O/c1-14-10-5-8(11)3-2-7(10)4-9(13)6-12/h2-5H,13H2,1H3/b9-4-. The summed E-state index contributed by atoms with van der Waals surface area (Å²) in [5.74, 6) is 0.593. The van der Waals surface area contributed by atoms with Gasteiger partial charge in [-0.05, 0) is 24.3 Å². The molecule has 2 N–H and O–H groups in total. The molecule has 0 spiro atoms. The highest BCUT2D eigenvalue weighted by molar-refractivity contribution is 6.30. The molecule has 1 aromatic carbocycles. The predicted octanol–water partition coefficient (Wildman–Crippen LogP) is 2.17. The molecule has 0 aromatic heterocycles. The Bertz CT molecular complexity index is 407. The van der Waals surface area contributed by atoms with E-state index < -0.39 is 0 Å². The van der Waals surface area contributed by atoms with E-state index in [-0.39, 0.29) is 5.70 Å². The van der Waals surface area contributed by atoms with Crippen LogP contribution in [-0.2, 0) is 0 Å². The lowest BCUT2D eigenvalue weighted by atomic mass is 10.2. The summed E-state index contributed by atoms with van der Waals surface area (Å²) >= 11 is 5.77. The topological polar surface area (TPSA) is 59.0 Å². The van der Waals surface area contributed by atoms with E-state index >= 15 is 0 Å². The van der Waals surface area contributed by atoms with E-state index in [0.717, 1.165) is 5.56 Å². The summed E-state index contributed by atoms with van der Waals surface area (Å²) in [7, 11) is 1.53. The molecule has 0 heterocycles. The van der Waals surface area contributed by atoms with Crippen molar-refractivity contribution < 1.29 is 4.74 Å². The molecule has 0 saturated heterocycles. The van der Waals surface area contributed by atoms with Crippen LogP contribution in [0.2, 0.25) is 5.02 Å². The summed E-state index contributed by atoms with van der Waals surface area (Å²) in [5.41, 5.74) is 6.24. The van der Waals surface area contributed by atoms with Gasteiger partial charge in [-0.2, -0.15) is 5.26 Å². The normalized spacial score (nSPS) is 10.8. The van der Waals surface area contributed by atoms with Crippen LogP contribution in [0, 0.1) is 11.3 Å². The van der Waals surface area contributed by atoms with Gasteiger partial charge in [0.05, 0.1) is 7.11 Å². The van der Waals surface area contributed by atoms with Gasteiger partial charge >= 0.3 is 0 Å². The van der Waals surface area contributed by atoms with Gasteiger partial charge < -0.3 is 10.5 Å². The zero-order valence-electron chi connectivity index (χ0n) is 7.62. The Morgan fingerprint density at radius 1 is 1.64 bits per heavy atom. The van der Waals surface area contributed by atoms with Crippen molar-refractivity contribution in [1.82, 2.24) is 0 Å². The Hall–Kier alpha value is -1.66. The molecule has 3 nitrogen and oxygen atoms in total. The van der Waals surface area contributed by atoms with Gasteiger partial charge in [0.1, 0.15) is 17.5 Å². The number of benzene rings is 1. The number of halogens is 1. The van der Waals surface area contributed by atoms with Crippen LogP contribution in [0.1, 0.15) is 5.56 Å². The van der Waals surface area contributed by atoms with Gasteiger partial charge in [0, 0.05) is 10.6 Å². The van der Waals surface area contributed by atoms with E-state index in [1.165, 1.54) is 13.2 Å². The molecule has 0 aliphatic carbocycles. The van der Waals surface area contributed by atoms with Crippen molar-refractivity contribution >= 4 is 17.7 Å². The molecule has 0 unspecified atom stereocenters. The number of ether oxygens (including phenoxy) is 1. The van der Waals surface area contributed by atoms with Crippen molar-refractivity contribution in [1.29, 1.82) is 5.26 Å². The number of nitrogens with two attached hydrogens (primary N) is 1. The largest absolute Gasteiger partial charge is 0.496 e. The average Bonchev–Trinajstić information content (AvgIpc) is 2.20. The summed E-state index contributed by atoms with van der Waals surface area (Å²) in [4.78, 5) is 0. The van der Waals surface area contributed by atoms with Crippen LogP contribution in [-0.4, -0.2) is 7.11 Å². The van der Waals surface area contributed by atoms with Gasteiger partial charge in [-0.15, -0.1) is 0 Å². The van der Waals surface area contributed by atoms with Gasteiger partial charge in [0.15, 0.2) is 0 Å². The molecule has 0 saturated carbocycles. The Balaban J connectivity index is 3.16. The smallest absolute Gasteiger partial charge is 0.127 e. The molecular weight excluding hydrogens is 200 g/mol. The highest BCUT2D eigenvalue weighted by atomic mass is 35.5. The van der Waals surface area contributed by atoms with Crippen LogP contribution >= 0.6 is 11.6 Å². The van der Waals surface area contributed by atoms with E-state index in [2.05, 4.69) is 0 Å². The molecule has 4 heteroatoms. The highest BCUT2D eigenvalue weighted by Gasteiger charge is 2.01. The maximum absolute atomic E-state index is 8.50. The minimum atomic E-state index is 0.130. The molecule has 0 aliphatic rings. The lowest BCUT2D eigenvalue weighted by Crippen LogP contribution is -1.94. The molecule has 0 fully saturated rings. The van der Waals surface area contributed by atoms with Crippen molar-refractivity contribution in [3.63, 3.8) is 0 Å². The first-order valence-corrected chi connectivity index (χ1v) is 4.26. The first-order valence-electron chi connectivity index (χ1n) is 3.88. The fraction of sp³-hybridized carbons (Fsp3) is 0.100. The number of nitriles is 1. The van der Waals surface area contributed by atoms with Gasteiger partial charge in [0.25, 0.3) is 0 Å². The number of hydrogen-bond acceptors (Lipinski definition) is 3. The number of methoxy groups -OCH3 is 1. The van der Waals surface area contributed by atoms with Crippen LogP contribution in [0.15, 0.2) is 23.9 Å². The number of nitrogens with zero attached hydrogens (tertiary/aromatic N) is 1. The molecular formula is C10H9ClN2O. The first-order chi connectivity index (χ1) is 6.67. The average molecular weight is 209 g/mol. The summed E-state index contributed by atoms with van der Waals surface area (Å²) in [5, 5.41) is 9.08. The molecule has 0 bridgehead atoms. The van der Waals surface area contributed by atoms with Crippen molar-refractivity contribution in [2.45, 2.75) is 0 Å². The zero-order valence-corrected chi connectivity index (χ0v) is 8.38. The van der Waals surface area contributed by atoms with E-state index in [4.69, 9.17) is 27.3 Å². The van der Waals surface area contributed by atoms with Crippen molar-refractivity contribution in [2.24, 2.45) is 5.73 Å². The summed E-state index contributed by atoms with van der Waals surface area (Å²) < 4.78 is 5.08. The molecule has 1 aromatic rings. The van der Waals surface area contributed by atoms with E-state index in [0.29, 0.717) is 10.8 Å². The van der Waals surface area contributed by atoms with Gasteiger partial charge in [-0.1, -0.05) is 11.6 Å². The maximum Gasteiger partial charge on any atom is 0.127 e. The van der Waals surface area contributed by atoms with E-state index in [9.17, 15) is 0 Å². The fourth-order valence-electron chi connectivity index (χ4n) is 1.00. The molecule has 0 aliphatic heterocycles. The number of allylic oxidation sites excluding steroid dienone is 1. The minimum absolute atomic E-state index is 0.130. The number of hydrogen-bond donors (Lipinski definition) is 1. The predicted molar refractivity (Wildman–Crippen MR) is 55.8 cm³/mol. The fourth-order valence-corrected chi connectivity index (χ4v) is 1.17. The van der Waals surface area contributed by atoms with E-state index in [1.807, 2.05) is 6.07 Å². The van der Waals surface area contributed by atoms with Crippen LogP contribution in [0.25, 0.3) is 6.08 Å². The molecule has 0 atom stereocenters. The summed E-state index contributed by atoms with van der Waals surface area (Å²) in [6.07, 6.45) is 1.54.